The van der Waals surface area contributed by atoms with Crippen LogP contribution >= 0.6 is 0 Å². The molecule has 0 heterocycles. The number of hydrogen-bond donors (Lipinski definition) is 4. The van der Waals surface area contributed by atoms with Gasteiger partial charge in [0.15, 0.2) is 22.8 Å². The Morgan fingerprint density at radius 2 is 1.93 bits per heavy atom. The highest BCUT2D eigenvalue weighted by Gasteiger charge is 2.76. The first-order valence-corrected chi connectivity index (χ1v) is 9.82. The van der Waals surface area contributed by atoms with Gasteiger partial charge in [0.25, 0.3) is 0 Å². The van der Waals surface area contributed by atoms with Gasteiger partial charge in [0, 0.05) is 16.7 Å². The molecule has 4 N–H and O–H groups in total. The number of allylic oxidation sites excluding steroid dienone is 4. The first kappa shape index (κ1) is 19.9. The normalized spacial score (nSPS) is 52.5. The van der Waals surface area contributed by atoms with E-state index in [4.69, 9.17) is 0 Å². The number of aliphatic hydroxyl groups is 4. The van der Waals surface area contributed by atoms with Gasteiger partial charge in [0.2, 0.25) is 0 Å². The molecule has 0 aromatic rings. The van der Waals surface area contributed by atoms with E-state index in [0.29, 0.717) is 18.4 Å². The Morgan fingerprint density at radius 3 is 2.57 bits per heavy atom. The molecule has 0 saturated heterocycles. The number of ketones is 2. The van der Waals surface area contributed by atoms with Crippen molar-refractivity contribution in [3.05, 3.63) is 23.8 Å². The molecule has 4 aliphatic rings. The predicted molar refractivity (Wildman–Crippen MR) is 96.8 cm³/mol. The molecule has 28 heavy (non-hydrogen) atoms. The smallest absolute Gasteiger partial charge is 0.192 e. The lowest BCUT2D eigenvalue weighted by Gasteiger charge is -2.62. The highest BCUT2D eigenvalue weighted by Crippen LogP contribution is 2.69. The van der Waals surface area contributed by atoms with E-state index in [9.17, 15) is 30.0 Å². The second-order valence-corrected chi connectivity index (χ2v) is 9.36. The summed E-state index contributed by atoms with van der Waals surface area (Å²) in [5, 5.41) is 42.1. The monoisotopic (exact) mass is 394 g/mol. The van der Waals surface area contributed by atoms with Gasteiger partial charge in [0.1, 0.15) is 6.61 Å². The number of halogens is 1. The van der Waals surface area contributed by atoms with Crippen molar-refractivity contribution in [2.75, 3.05) is 6.61 Å². The largest absolute Gasteiger partial charge is 0.390 e. The quantitative estimate of drug-likeness (QED) is 0.546. The number of carbonyl (C=O) groups is 2. The summed E-state index contributed by atoms with van der Waals surface area (Å²) in [5.41, 5.74) is -6.12. The van der Waals surface area contributed by atoms with E-state index in [0.717, 1.165) is 0 Å². The number of rotatable bonds is 2. The van der Waals surface area contributed by atoms with Gasteiger partial charge >= 0.3 is 0 Å². The third-order valence-corrected chi connectivity index (χ3v) is 8.43. The molecule has 0 amide bonds. The van der Waals surface area contributed by atoms with Crippen LogP contribution < -0.4 is 0 Å². The minimum absolute atomic E-state index is 0.0135. The number of hydrogen-bond acceptors (Lipinski definition) is 6. The molecule has 0 aromatic carbocycles. The van der Waals surface area contributed by atoms with Crippen LogP contribution in [0, 0.1) is 22.7 Å². The molecule has 3 fully saturated rings. The molecule has 0 bridgehead atoms. The average molecular weight is 394 g/mol. The van der Waals surface area contributed by atoms with Crippen LogP contribution in [0.15, 0.2) is 23.8 Å². The standard InChI is InChI=1S/C21H27FO6/c1-18-6-5-12(24)7-11(18)3-4-13-14-8-15(25)21(28,17(27)10-23)19(14,2)9-16(26)20(13,18)22/h5-7,13-16,23,25-26,28H,3-4,8-10H2,1-2H3/t13-,14-,15+,16+,18-,19-,20-,21+/m0/s1. The Balaban J connectivity index is 1.84. The SMILES string of the molecule is C[C@]12C=CC(=O)C=C1CC[C@H]1[C@@H]3C[C@@H](O)[C@@](O)(C(=O)CO)[C@@]3(C)C[C@@H](O)[C@@]12F. The van der Waals surface area contributed by atoms with Crippen LogP contribution in [0.5, 0.6) is 0 Å². The van der Waals surface area contributed by atoms with Crippen LogP contribution in [-0.2, 0) is 9.59 Å². The Bertz CT molecular complexity index is 807. The zero-order valence-corrected chi connectivity index (χ0v) is 16.1. The molecule has 6 nitrogen and oxygen atoms in total. The molecule has 4 aliphatic carbocycles. The molecule has 3 saturated carbocycles. The van der Waals surface area contributed by atoms with Crippen molar-refractivity contribution in [3.63, 3.8) is 0 Å². The number of Topliss-reactive ketones (excluding diaryl/α,β-unsaturated/α-hetero) is 1. The topological polar surface area (TPSA) is 115 Å². The van der Waals surface area contributed by atoms with Gasteiger partial charge in [-0.1, -0.05) is 18.6 Å². The molecule has 0 radical (unpaired) electrons. The Hall–Kier alpha value is -1.41. The van der Waals surface area contributed by atoms with Crippen molar-refractivity contribution in [1.82, 2.24) is 0 Å². The minimum atomic E-state index is -2.23. The van der Waals surface area contributed by atoms with Crippen LogP contribution in [-0.4, -0.2) is 62.1 Å². The summed E-state index contributed by atoms with van der Waals surface area (Å²) in [4.78, 5) is 24.2. The van der Waals surface area contributed by atoms with Gasteiger partial charge in [-0.3, -0.25) is 9.59 Å². The first-order chi connectivity index (χ1) is 13.0. The summed E-state index contributed by atoms with van der Waals surface area (Å²) in [6.45, 7) is 2.33. The van der Waals surface area contributed by atoms with Gasteiger partial charge < -0.3 is 20.4 Å². The van der Waals surface area contributed by atoms with E-state index in [2.05, 4.69) is 0 Å². The Morgan fingerprint density at radius 1 is 1.25 bits per heavy atom. The van der Waals surface area contributed by atoms with Crippen LogP contribution in [0.1, 0.15) is 39.5 Å². The van der Waals surface area contributed by atoms with E-state index < -0.39 is 58.5 Å². The lowest BCUT2D eigenvalue weighted by molar-refractivity contribution is -0.222. The van der Waals surface area contributed by atoms with Gasteiger partial charge in [-0.15, -0.1) is 0 Å². The fourth-order valence-electron chi connectivity index (χ4n) is 6.85. The van der Waals surface area contributed by atoms with Gasteiger partial charge in [-0.2, -0.15) is 0 Å². The molecule has 0 unspecified atom stereocenters. The van der Waals surface area contributed by atoms with Crippen LogP contribution in [0.3, 0.4) is 0 Å². The van der Waals surface area contributed by atoms with E-state index in [1.807, 2.05) is 0 Å². The summed E-state index contributed by atoms with van der Waals surface area (Å²) < 4.78 is 16.8. The molecule has 0 aromatic heterocycles. The predicted octanol–water partition coefficient (Wildman–Crippen LogP) is 0.620. The maximum absolute atomic E-state index is 16.8. The highest BCUT2D eigenvalue weighted by atomic mass is 19.1. The maximum Gasteiger partial charge on any atom is 0.192 e. The van der Waals surface area contributed by atoms with Crippen molar-refractivity contribution in [2.45, 2.75) is 63.0 Å². The van der Waals surface area contributed by atoms with Crippen molar-refractivity contribution in [3.8, 4) is 0 Å². The number of aliphatic hydroxyl groups excluding tert-OH is 3. The zero-order chi connectivity index (χ0) is 20.7. The second-order valence-electron chi connectivity index (χ2n) is 9.36. The summed E-state index contributed by atoms with van der Waals surface area (Å²) >= 11 is 0. The summed E-state index contributed by atoms with van der Waals surface area (Å²) in [7, 11) is 0. The van der Waals surface area contributed by atoms with Gasteiger partial charge in [-0.25, -0.2) is 4.39 Å². The van der Waals surface area contributed by atoms with Crippen LogP contribution in [0.25, 0.3) is 0 Å². The molecule has 0 spiro atoms. The van der Waals surface area contributed by atoms with Crippen LogP contribution in [0.2, 0.25) is 0 Å². The van der Waals surface area contributed by atoms with Crippen molar-refractivity contribution < 1.29 is 34.4 Å². The molecule has 0 aliphatic heterocycles. The molecular formula is C21H27FO6. The third-order valence-electron chi connectivity index (χ3n) is 8.43. The van der Waals surface area contributed by atoms with Gasteiger partial charge in [0.05, 0.1) is 12.2 Å². The summed E-state index contributed by atoms with van der Waals surface area (Å²) in [6.07, 6.45) is 1.93. The second kappa shape index (κ2) is 5.81. The summed E-state index contributed by atoms with van der Waals surface area (Å²) in [6, 6.07) is 0. The zero-order valence-electron chi connectivity index (χ0n) is 16.1. The fraction of sp³-hybridized carbons (Fsp3) is 0.714. The summed E-state index contributed by atoms with van der Waals surface area (Å²) in [5.74, 6) is -2.38. The van der Waals surface area contributed by atoms with Gasteiger partial charge in [-0.05, 0) is 50.7 Å². The lowest BCUT2D eigenvalue weighted by Crippen LogP contribution is -2.69. The third kappa shape index (κ3) is 2.01. The van der Waals surface area contributed by atoms with E-state index >= 15 is 4.39 Å². The fourth-order valence-corrected chi connectivity index (χ4v) is 6.85. The van der Waals surface area contributed by atoms with E-state index in [1.165, 1.54) is 18.2 Å². The van der Waals surface area contributed by atoms with Crippen LogP contribution in [0.4, 0.5) is 4.39 Å². The lowest BCUT2D eigenvalue weighted by atomic mass is 9.44. The molecule has 7 heteroatoms. The Labute approximate surface area is 162 Å². The van der Waals surface area contributed by atoms with Crippen molar-refractivity contribution >= 4 is 11.6 Å². The maximum atomic E-state index is 16.8. The average Bonchev–Trinajstić information content (AvgIpc) is 2.84. The number of carbonyl (C=O) groups excluding carboxylic acids is 2. The van der Waals surface area contributed by atoms with E-state index in [-0.39, 0.29) is 18.6 Å². The van der Waals surface area contributed by atoms with Crippen molar-refractivity contribution in [2.24, 2.45) is 22.7 Å². The molecular weight excluding hydrogens is 367 g/mol. The molecule has 154 valence electrons. The molecule has 8 atom stereocenters. The van der Waals surface area contributed by atoms with E-state index in [1.54, 1.807) is 13.8 Å². The number of alkyl halides is 1. The minimum Gasteiger partial charge on any atom is -0.390 e. The first-order valence-electron chi connectivity index (χ1n) is 9.82. The highest BCUT2D eigenvalue weighted by molar-refractivity contribution is 6.01. The Kier molecular flexibility index (Phi) is 4.13. The van der Waals surface area contributed by atoms with Crippen molar-refractivity contribution in [1.29, 1.82) is 0 Å². The number of fused-ring (bicyclic) bond motifs is 5. The molecule has 4 rings (SSSR count).